The van der Waals surface area contributed by atoms with Crippen LogP contribution in [0.15, 0.2) is 0 Å². The number of hydrogen-bond acceptors (Lipinski definition) is 2. The molecule has 0 atom stereocenters. The zero-order chi connectivity index (χ0) is 6.24. The number of terminal acetylenes is 2. The van der Waals surface area contributed by atoms with Crippen LogP contribution >= 0.6 is 0 Å². The van der Waals surface area contributed by atoms with Crippen LogP contribution in [0.25, 0.3) is 0 Å². The average Bonchev–Trinajstić information content (AvgIpc) is 1.81. The molecule has 0 unspecified atom stereocenters. The smallest absolute Gasteiger partial charge is 0.142 e. The van der Waals surface area contributed by atoms with Crippen LogP contribution in [0.2, 0.25) is 0 Å². The third-order valence-electron chi connectivity index (χ3n) is 0.368. The van der Waals surface area contributed by atoms with E-state index in [1.165, 1.54) is 0 Å². The summed E-state index contributed by atoms with van der Waals surface area (Å²) in [6.07, 6.45) is 9.61. The fraction of sp³-hybridized carbons (Fsp3) is 0.333. The first-order valence-corrected chi connectivity index (χ1v) is 2.03. The lowest BCUT2D eigenvalue weighted by atomic mass is 10.8. The fourth-order valence-corrected chi connectivity index (χ4v) is 0.151. The molecule has 0 radical (unpaired) electrons. The summed E-state index contributed by atoms with van der Waals surface area (Å²) in [6, 6.07) is 0. The molecule has 2 nitrogen and oxygen atoms in total. The van der Waals surface area contributed by atoms with E-state index in [9.17, 15) is 0 Å². The van der Waals surface area contributed by atoms with Gasteiger partial charge in [-0.2, -0.15) is 0 Å². The van der Waals surface area contributed by atoms with E-state index in [0.717, 1.165) is 0 Å². The van der Waals surface area contributed by atoms with Crippen LogP contribution in [0, 0.1) is 24.7 Å². The van der Waals surface area contributed by atoms with Crippen LogP contribution in [0.5, 0.6) is 0 Å². The molecular weight excluding hydrogens is 104 g/mol. The number of rotatable bonds is 3. The maximum Gasteiger partial charge on any atom is 0.142 e. The van der Waals surface area contributed by atoms with Gasteiger partial charge in [0.25, 0.3) is 0 Å². The second kappa shape index (κ2) is 6.04. The van der Waals surface area contributed by atoms with E-state index in [1.807, 2.05) is 0 Å². The Morgan fingerprint density at radius 3 is 1.62 bits per heavy atom. The predicted octanol–water partition coefficient (Wildman–Crippen LogP) is 0.201. The second-order valence-electron chi connectivity index (χ2n) is 0.933. The van der Waals surface area contributed by atoms with Gasteiger partial charge in [-0.05, 0) is 0 Å². The molecule has 2 heteroatoms. The minimum absolute atomic E-state index is 0.141. The Morgan fingerprint density at radius 1 is 1.00 bits per heavy atom. The summed E-state index contributed by atoms with van der Waals surface area (Å²) < 4.78 is 0. The van der Waals surface area contributed by atoms with Crippen LogP contribution in [0.4, 0.5) is 0 Å². The predicted molar refractivity (Wildman–Crippen MR) is 29.6 cm³/mol. The van der Waals surface area contributed by atoms with Gasteiger partial charge < -0.3 is 0 Å². The van der Waals surface area contributed by atoms with Crippen molar-refractivity contribution in [3.63, 3.8) is 0 Å². The number of hydrogen-bond donors (Lipinski definition) is 0. The van der Waals surface area contributed by atoms with Gasteiger partial charge in [-0.15, -0.1) is 12.8 Å². The van der Waals surface area contributed by atoms with Crippen molar-refractivity contribution in [2.75, 3.05) is 13.2 Å². The largest absolute Gasteiger partial charge is 0.223 e. The molecule has 0 fully saturated rings. The molecule has 0 aromatic rings. The average molecular weight is 110 g/mol. The van der Waals surface area contributed by atoms with Gasteiger partial charge in [-0.1, -0.05) is 11.8 Å². The van der Waals surface area contributed by atoms with Crippen LogP contribution in [-0.2, 0) is 9.78 Å². The van der Waals surface area contributed by atoms with Gasteiger partial charge in [0, 0.05) is 0 Å². The van der Waals surface area contributed by atoms with E-state index in [4.69, 9.17) is 12.8 Å². The summed E-state index contributed by atoms with van der Waals surface area (Å²) in [5.41, 5.74) is 0. The van der Waals surface area contributed by atoms with E-state index in [1.54, 1.807) is 0 Å². The first kappa shape index (κ1) is 7.04. The highest BCUT2D eigenvalue weighted by atomic mass is 17.2. The van der Waals surface area contributed by atoms with E-state index >= 15 is 0 Å². The van der Waals surface area contributed by atoms with Gasteiger partial charge in [0.1, 0.15) is 13.2 Å². The van der Waals surface area contributed by atoms with Gasteiger partial charge in [-0.25, -0.2) is 9.78 Å². The van der Waals surface area contributed by atoms with E-state index < -0.39 is 0 Å². The monoisotopic (exact) mass is 110 g/mol. The molecule has 0 rings (SSSR count). The lowest BCUT2D eigenvalue weighted by Gasteiger charge is -1.91. The molecular formula is C6H6O2. The van der Waals surface area contributed by atoms with Crippen molar-refractivity contribution in [2.45, 2.75) is 0 Å². The minimum Gasteiger partial charge on any atom is -0.223 e. The van der Waals surface area contributed by atoms with Gasteiger partial charge in [0.05, 0.1) is 0 Å². The fourth-order valence-electron chi connectivity index (χ4n) is 0.151. The molecule has 0 bridgehead atoms. The Kier molecular flexibility index (Phi) is 5.32. The van der Waals surface area contributed by atoms with E-state index in [-0.39, 0.29) is 13.2 Å². The van der Waals surface area contributed by atoms with Crippen LogP contribution in [-0.4, -0.2) is 13.2 Å². The molecule has 0 aliphatic rings. The van der Waals surface area contributed by atoms with Gasteiger partial charge in [0.15, 0.2) is 0 Å². The van der Waals surface area contributed by atoms with Crippen LogP contribution in [0.3, 0.4) is 0 Å². The van der Waals surface area contributed by atoms with Crippen LogP contribution < -0.4 is 0 Å². The summed E-state index contributed by atoms with van der Waals surface area (Å²) in [4.78, 5) is 8.69. The minimum atomic E-state index is 0.141. The highest BCUT2D eigenvalue weighted by Gasteiger charge is 1.77. The van der Waals surface area contributed by atoms with Crippen molar-refractivity contribution in [3.05, 3.63) is 0 Å². The van der Waals surface area contributed by atoms with Gasteiger partial charge >= 0.3 is 0 Å². The molecule has 42 valence electrons. The van der Waals surface area contributed by atoms with Gasteiger partial charge in [-0.3, -0.25) is 0 Å². The topological polar surface area (TPSA) is 18.5 Å². The van der Waals surface area contributed by atoms with E-state index in [2.05, 4.69) is 21.6 Å². The Labute approximate surface area is 48.7 Å². The van der Waals surface area contributed by atoms with Crippen molar-refractivity contribution < 1.29 is 9.78 Å². The molecule has 8 heavy (non-hydrogen) atoms. The lowest BCUT2D eigenvalue weighted by molar-refractivity contribution is -0.274. The Bertz CT molecular complexity index is 99.5. The summed E-state index contributed by atoms with van der Waals surface area (Å²) in [6.45, 7) is 0.281. The first-order chi connectivity index (χ1) is 3.91. The maximum absolute atomic E-state index is 4.80. The molecule has 0 spiro atoms. The Hall–Kier alpha value is -0.960. The van der Waals surface area contributed by atoms with Crippen molar-refractivity contribution in [1.82, 2.24) is 0 Å². The highest BCUT2D eigenvalue weighted by molar-refractivity contribution is 4.83. The molecule has 0 saturated carbocycles. The quantitative estimate of drug-likeness (QED) is 0.223. The zero-order valence-electron chi connectivity index (χ0n) is 4.39. The molecule has 0 amide bonds. The van der Waals surface area contributed by atoms with Crippen molar-refractivity contribution in [2.24, 2.45) is 0 Å². The highest BCUT2D eigenvalue weighted by Crippen LogP contribution is 1.72. The molecule has 0 heterocycles. The van der Waals surface area contributed by atoms with Gasteiger partial charge in [0.2, 0.25) is 0 Å². The van der Waals surface area contributed by atoms with Crippen LogP contribution in [0.1, 0.15) is 0 Å². The lowest BCUT2D eigenvalue weighted by Crippen LogP contribution is -1.93. The summed E-state index contributed by atoms with van der Waals surface area (Å²) >= 11 is 0. The van der Waals surface area contributed by atoms with Crippen molar-refractivity contribution in [3.8, 4) is 24.7 Å². The molecule has 0 aliphatic carbocycles. The molecule has 0 aliphatic heterocycles. The molecule has 0 aromatic carbocycles. The first-order valence-electron chi connectivity index (χ1n) is 2.03. The maximum atomic E-state index is 4.80. The molecule has 0 aromatic heterocycles. The van der Waals surface area contributed by atoms with Crippen molar-refractivity contribution >= 4 is 0 Å². The van der Waals surface area contributed by atoms with E-state index in [0.29, 0.717) is 0 Å². The summed E-state index contributed by atoms with van der Waals surface area (Å²) in [5.74, 6) is 4.42. The zero-order valence-corrected chi connectivity index (χ0v) is 4.39. The third kappa shape index (κ3) is 5.04. The molecule has 0 saturated heterocycles. The third-order valence-corrected chi connectivity index (χ3v) is 0.368. The Balaban J connectivity index is 2.77. The SMILES string of the molecule is C#CCOOCC#C. The summed E-state index contributed by atoms with van der Waals surface area (Å²) in [7, 11) is 0. The second-order valence-corrected chi connectivity index (χ2v) is 0.933. The normalized spacial score (nSPS) is 7.25. The standard InChI is InChI=1S/C6H6O2/c1-3-5-7-8-6-4-2/h1-2H,5-6H2. The summed E-state index contributed by atoms with van der Waals surface area (Å²) in [5, 5.41) is 0. The Morgan fingerprint density at radius 2 is 1.38 bits per heavy atom. The van der Waals surface area contributed by atoms with Crippen molar-refractivity contribution in [1.29, 1.82) is 0 Å². The molecule has 0 N–H and O–H groups in total.